The van der Waals surface area contributed by atoms with Crippen molar-refractivity contribution in [2.24, 2.45) is 7.05 Å². The average molecular weight is 279 g/mol. The van der Waals surface area contributed by atoms with Crippen molar-refractivity contribution in [3.05, 3.63) is 40.2 Å². The Balaban J connectivity index is 2.28. The number of hydrogen-bond donors (Lipinski definition) is 2. The molecule has 0 aliphatic heterocycles. The maximum atomic E-state index is 12.2. The molecule has 1 aromatic heterocycles. The number of aromatic nitrogens is 2. The fourth-order valence-corrected chi connectivity index (χ4v) is 1.99. The van der Waals surface area contributed by atoms with Crippen LogP contribution in [0.15, 0.2) is 18.2 Å². The quantitative estimate of drug-likeness (QED) is 0.886. The summed E-state index contributed by atoms with van der Waals surface area (Å²) in [4.78, 5) is 12.2. The molecular formula is C13H15ClN4O. The highest BCUT2D eigenvalue weighted by atomic mass is 35.5. The molecular weight excluding hydrogens is 264 g/mol. The van der Waals surface area contributed by atoms with Crippen LogP contribution >= 0.6 is 11.6 Å². The third-order valence-corrected chi connectivity index (χ3v) is 3.32. The molecule has 2 rings (SSSR count). The second-order valence-corrected chi connectivity index (χ2v) is 4.80. The van der Waals surface area contributed by atoms with Gasteiger partial charge in [0.25, 0.3) is 5.91 Å². The Labute approximate surface area is 116 Å². The highest BCUT2D eigenvalue weighted by Crippen LogP contribution is 2.22. The van der Waals surface area contributed by atoms with Crippen molar-refractivity contribution in [1.82, 2.24) is 9.78 Å². The van der Waals surface area contributed by atoms with E-state index in [2.05, 4.69) is 10.4 Å². The first-order chi connectivity index (χ1) is 8.90. The molecule has 0 fully saturated rings. The smallest absolute Gasteiger partial charge is 0.276 e. The zero-order chi connectivity index (χ0) is 14.2. The van der Waals surface area contributed by atoms with Crippen molar-refractivity contribution < 1.29 is 4.79 Å². The van der Waals surface area contributed by atoms with Gasteiger partial charge in [-0.25, -0.2) is 0 Å². The Morgan fingerprint density at radius 2 is 2.11 bits per heavy atom. The second kappa shape index (κ2) is 4.93. The van der Waals surface area contributed by atoms with Gasteiger partial charge in [0, 0.05) is 17.8 Å². The van der Waals surface area contributed by atoms with Gasteiger partial charge in [0.15, 0.2) is 0 Å². The first-order valence-electron chi connectivity index (χ1n) is 5.76. The van der Waals surface area contributed by atoms with Crippen molar-refractivity contribution in [2.75, 3.05) is 11.1 Å². The fraction of sp³-hybridized carbons (Fsp3) is 0.231. The van der Waals surface area contributed by atoms with Crippen LogP contribution in [0.5, 0.6) is 0 Å². The number of aryl methyl sites for hydroxylation is 3. The van der Waals surface area contributed by atoms with E-state index in [1.54, 1.807) is 26.1 Å². The first kappa shape index (κ1) is 13.4. The van der Waals surface area contributed by atoms with Gasteiger partial charge in [-0.1, -0.05) is 17.7 Å². The van der Waals surface area contributed by atoms with Crippen molar-refractivity contribution in [2.45, 2.75) is 13.8 Å². The Morgan fingerprint density at radius 3 is 2.63 bits per heavy atom. The fourth-order valence-electron chi connectivity index (χ4n) is 1.80. The molecule has 0 aliphatic carbocycles. The lowest BCUT2D eigenvalue weighted by Crippen LogP contribution is -2.17. The Hall–Kier alpha value is -2.01. The van der Waals surface area contributed by atoms with Crippen LogP contribution in [-0.2, 0) is 7.05 Å². The molecule has 0 bridgehead atoms. The SMILES string of the molecule is Cc1ccc(NC(=O)c2c(N)c(C)nn2C)cc1Cl. The van der Waals surface area contributed by atoms with Gasteiger partial charge < -0.3 is 11.1 Å². The average Bonchev–Trinajstić information content (AvgIpc) is 2.58. The maximum absolute atomic E-state index is 12.2. The predicted molar refractivity (Wildman–Crippen MR) is 76.5 cm³/mol. The molecule has 1 aromatic carbocycles. The molecule has 0 saturated heterocycles. The number of anilines is 2. The highest BCUT2D eigenvalue weighted by Gasteiger charge is 2.18. The zero-order valence-corrected chi connectivity index (χ0v) is 11.7. The van der Waals surface area contributed by atoms with Crippen LogP contribution in [0, 0.1) is 13.8 Å². The standard InChI is InChI=1S/C13H15ClN4O/c1-7-4-5-9(6-10(7)14)16-13(19)12-11(15)8(2)17-18(12)3/h4-6H,15H2,1-3H3,(H,16,19). The second-order valence-electron chi connectivity index (χ2n) is 4.39. The molecule has 5 nitrogen and oxygen atoms in total. The monoisotopic (exact) mass is 278 g/mol. The van der Waals surface area contributed by atoms with Crippen LogP contribution in [0.4, 0.5) is 11.4 Å². The molecule has 0 saturated carbocycles. The van der Waals surface area contributed by atoms with Gasteiger partial charge in [0.2, 0.25) is 0 Å². The summed E-state index contributed by atoms with van der Waals surface area (Å²) in [6.07, 6.45) is 0. The topological polar surface area (TPSA) is 72.9 Å². The molecule has 6 heteroatoms. The van der Waals surface area contributed by atoms with Gasteiger partial charge in [-0.3, -0.25) is 9.48 Å². The number of halogens is 1. The molecule has 100 valence electrons. The van der Waals surface area contributed by atoms with Gasteiger partial charge in [0.1, 0.15) is 5.69 Å². The molecule has 1 amide bonds. The number of nitrogen functional groups attached to an aromatic ring is 1. The lowest BCUT2D eigenvalue weighted by Gasteiger charge is -2.07. The van der Waals surface area contributed by atoms with Crippen molar-refractivity contribution in [3.63, 3.8) is 0 Å². The summed E-state index contributed by atoms with van der Waals surface area (Å²) in [5.41, 5.74) is 8.78. The lowest BCUT2D eigenvalue weighted by atomic mass is 10.2. The van der Waals surface area contributed by atoms with Crippen molar-refractivity contribution in [1.29, 1.82) is 0 Å². The van der Waals surface area contributed by atoms with Gasteiger partial charge in [0.05, 0.1) is 11.4 Å². The molecule has 19 heavy (non-hydrogen) atoms. The zero-order valence-electron chi connectivity index (χ0n) is 11.0. The maximum Gasteiger partial charge on any atom is 0.276 e. The number of carbonyl (C=O) groups is 1. The van der Waals surface area contributed by atoms with Crippen LogP contribution in [0.25, 0.3) is 0 Å². The highest BCUT2D eigenvalue weighted by molar-refractivity contribution is 6.31. The Morgan fingerprint density at radius 1 is 1.42 bits per heavy atom. The molecule has 1 heterocycles. The number of rotatable bonds is 2. The van der Waals surface area contributed by atoms with Gasteiger partial charge >= 0.3 is 0 Å². The van der Waals surface area contributed by atoms with Crippen molar-refractivity contribution >= 4 is 28.9 Å². The van der Waals surface area contributed by atoms with E-state index in [1.165, 1.54) is 4.68 Å². The van der Waals surface area contributed by atoms with E-state index in [0.29, 0.717) is 27.8 Å². The number of nitrogens with zero attached hydrogens (tertiary/aromatic N) is 2. The minimum atomic E-state index is -0.305. The molecule has 2 aromatic rings. The molecule has 3 N–H and O–H groups in total. The molecule has 0 aliphatic rings. The summed E-state index contributed by atoms with van der Waals surface area (Å²) >= 11 is 6.02. The van der Waals surface area contributed by atoms with E-state index in [9.17, 15) is 4.79 Å². The van der Waals surface area contributed by atoms with E-state index in [-0.39, 0.29) is 5.91 Å². The molecule has 0 atom stereocenters. The summed E-state index contributed by atoms with van der Waals surface area (Å²) in [6.45, 7) is 3.66. The van der Waals surface area contributed by atoms with E-state index in [1.807, 2.05) is 13.0 Å². The molecule has 0 unspecified atom stereocenters. The van der Waals surface area contributed by atoms with Crippen molar-refractivity contribution in [3.8, 4) is 0 Å². The number of nitrogens with one attached hydrogen (secondary N) is 1. The van der Waals surface area contributed by atoms with Crippen LogP contribution in [0.3, 0.4) is 0 Å². The summed E-state index contributed by atoms with van der Waals surface area (Å²) in [5.74, 6) is -0.305. The number of carbonyl (C=O) groups excluding carboxylic acids is 1. The summed E-state index contributed by atoms with van der Waals surface area (Å²) in [6, 6.07) is 5.34. The van der Waals surface area contributed by atoms with E-state index in [0.717, 1.165) is 5.56 Å². The third kappa shape index (κ3) is 2.56. The minimum absolute atomic E-state index is 0.305. The van der Waals surface area contributed by atoms with E-state index >= 15 is 0 Å². The predicted octanol–water partition coefficient (Wildman–Crippen LogP) is 2.52. The molecule has 0 radical (unpaired) electrons. The van der Waals surface area contributed by atoms with Crippen LogP contribution in [0.2, 0.25) is 5.02 Å². The normalized spacial score (nSPS) is 10.5. The number of amides is 1. The van der Waals surface area contributed by atoms with E-state index < -0.39 is 0 Å². The van der Waals surface area contributed by atoms with Crippen LogP contribution in [0.1, 0.15) is 21.7 Å². The largest absolute Gasteiger partial charge is 0.395 e. The Bertz CT molecular complexity index is 648. The summed E-state index contributed by atoms with van der Waals surface area (Å²) in [5, 5.41) is 7.47. The first-order valence-corrected chi connectivity index (χ1v) is 6.14. The number of benzene rings is 1. The third-order valence-electron chi connectivity index (χ3n) is 2.91. The summed E-state index contributed by atoms with van der Waals surface area (Å²) < 4.78 is 1.47. The van der Waals surface area contributed by atoms with Gasteiger partial charge in [-0.15, -0.1) is 0 Å². The summed E-state index contributed by atoms with van der Waals surface area (Å²) in [7, 11) is 1.68. The van der Waals surface area contributed by atoms with Gasteiger partial charge in [-0.2, -0.15) is 5.10 Å². The van der Waals surface area contributed by atoms with Gasteiger partial charge in [-0.05, 0) is 31.5 Å². The number of hydrogen-bond acceptors (Lipinski definition) is 3. The number of nitrogens with two attached hydrogens (primary N) is 1. The van der Waals surface area contributed by atoms with Crippen LogP contribution in [-0.4, -0.2) is 15.7 Å². The lowest BCUT2D eigenvalue weighted by molar-refractivity contribution is 0.101. The van der Waals surface area contributed by atoms with E-state index in [4.69, 9.17) is 17.3 Å². The molecule has 0 spiro atoms. The van der Waals surface area contributed by atoms with Crippen LogP contribution < -0.4 is 11.1 Å². The Kier molecular flexibility index (Phi) is 3.48. The minimum Gasteiger partial charge on any atom is -0.395 e.